The number of hydrogen-bond acceptors (Lipinski definition) is 3. The minimum absolute atomic E-state index is 0.223. The highest BCUT2D eigenvalue weighted by molar-refractivity contribution is 5.92. The zero-order chi connectivity index (χ0) is 13.8. The third-order valence-corrected chi connectivity index (χ3v) is 3.44. The molecular weight excluding hydrogens is 246 g/mol. The molecule has 1 atom stereocenters. The van der Waals surface area contributed by atoms with Gasteiger partial charge in [0, 0.05) is 18.4 Å². The molecule has 0 saturated carbocycles. The van der Waals surface area contributed by atoms with Gasteiger partial charge in [0.05, 0.1) is 18.1 Å². The van der Waals surface area contributed by atoms with Crippen LogP contribution in [0.25, 0.3) is 0 Å². The molecule has 2 rings (SSSR count). The number of rotatable bonds is 4. The summed E-state index contributed by atoms with van der Waals surface area (Å²) in [7, 11) is 0. The summed E-state index contributed by atoms with van der Waals surface area (Å²) < 4.78 is 7.09. The Balaban J connectivity index is 2.33. The Kier molecular flexibility index (Phi) is 4.24. The molecule has 0 spiro atoms. The average molecular weight is 265 g/mol. The second-order valence-corrected chi connectivity index (χ2v) is 4.83. The average Bonchev–Trinajstić information content (AvgIpc) is 2.69. The van der Waals surface area contributed by atoms with Gasteiger partial charge in [-0.25, -0.2) is 4.79 Å². The molecule has 1 aromatic heterocycles. The van der Waals surface area contributed by atoms with Crippen LogP contribution in [0.1, 0.15) is 54.6 Å². The van der Waals surface area contributed by atoms with Crippen molar-refractivity contribution in [2.24, 2.45) is 0 Å². The molecule has 2 heterocycles. The van der Waals surface area contributed by atoms with Gasteiger partial charge in [0.15, 0.2) is 0 Å². The summed E-state index contributed by atoms with van der Waals surface area (Å²) in [6.07, 6.45) is 5.05. The molecule has 0 fully saturated rings. The predicted molar refractivity (Wildman–Crippen MR) is 69.2 cm³/mol. The third-order valence-electron chi connectivity index (χ3n) is 3.44. The lowest BCUT2D eigenvalue weighted by Crippen LogP contribution is -2.20. The highest BCUT2D eigenvalue weighted by Gasteiger charge is 2.31. The first-order chi connectivity index (χ1) is 9.15. The van der Waals surface area contributed by atoms with E-state index in [4.69, 9.17) is 4.74 Å². The van der Waals surface area contributed by atoms with Crippen molar-refractivity contribution in [3.63, 3.8) is 0 Å². The number of fused-ring (bicyclic) bond motifs is 1. The number of aryl methyl sites for hydroxylation is 1. The summed E-state index contributed by atoms with van der Waals surface area (Å²) in [6.45, 7) is 3.09. The molecule has 1 aromatic rings. The largest absolute Gasteiger partial charge is 0.478 e. The van der Waals surface area contributed by atoms with E-state index >= 15 is 0 Å². The van der Waals surface area contributed by atoms with Gasteiger partial charge in [-0.2, -0.15) is 0 Å². The molecule has 19 heavy (non-hydrogen) atoms. The summed E-state index contributed by atoms with van der Waals surface area (Å²) in [4.78, 5) is 23.4. The Morgan fingerprint density at radius 3 is 2.95 bits per heavy atom. The fraction of sp³-hybridized carbons (Fsp3) is 0.571. The minimum atomic E-state index is -0.982. The highest BCUT2D eigenvalue weighted by Crippen LogP contribution is 2.31. The topological polar surface area (TPSA) is 68.5 Å². The first-order valence-corrected chi connectivity index (χ1v) is 6.74. The molecule has 1 N–H and O–H groups in total. The molecule has 5 nitrogen and oxygen atoms in total. The van der Waals surface area contributed by atoms with Crippen LogP contribution in [0.4, 0.5) is 0 Å². The fourth-order valence-corrected chi connectivity index (χ4v) is 2.55. The van der Waals surface area contributed by atoms with Crippen LogP contribution < -0.4 is 0 Å². The van der Waals surface area contributed by atoms with E-state index in [1.807, 2.05) is 11.5 Å². The van der Waals surface area contributed by atoms with Gasteiger partial charge in [-0.1, -0.05) is 13.3 Å². The maximum Gasteiger partial charge on any atom is 0.337 e. The number of esters is 1. The number of aromatic carboxylic acids is 1. The van der Waals surface area contributed by atoms with Crippen LogP contribution >= 0.6 is 0 Å². The molecule has 5 heteroatoms. The zero-order valence-electron chi connectivity index (χ0n) is 11.1. The lowest BCUT2D eigenvalue weighted by atomic mass is 9.97. The Morgan fingerprint density at radius 2 is 2.26 bits per heavy atom. The van der Waals surface area contributed by atoms with Crippen LogP contribution in [0.5, 0.6) is 0 Å². The summed E-state index contributed by atoms with van der Waals surface area (Å²) in [6, 6.07) is 1.57. The standard InChI is InChI=1S/C14H19NO4/c1-2-9-19-14(18)11-5-3-4-7-15-8-6-10(12(11)15)13(16)17/h6,8,11H,2-5,7,9H2,1H3,(H,16,17). The molecular formula is C14H19NO4. The van der Waals surface area contributed by atoms with Crippen LogP contribution in [0, 0.1) is 0 Å². The van der Waals surface area contributed by atoms with E-state index in [2.05, 4.69) is 0 Å². The van der Waals surface area contributed by atoms with E-state index in [-0.39, 0.29) is 11.5 Å². The first kappa shape index (κ1) is 13.6. The number of carboxylic acids is 1. The number of nitrogens with zero attached hydrogens (tertiary/aromatic N) is 1. The molecule has 0 aliphatic carbocycles. The van der Waals surface area contributed by atoms with Gasteiger partial charge in [-0.05, 0) is 25.3 Å². The van der Waals surface area contributed by atoms with Crippen LogP contribution in [0.3, 0.4) is 0 Å². The zero-order valence-corrected chi connectivity index (χ0v) is 11.1. The minimum Gasteiger partial charge on any atom is -0.478 e. The Labute approximate surface area is 112 Å². The lowest BCUT2D eigenvalue weighted by molar-refractivity contribution is -0.145. The van der Waals surface area contributed by atoms with Gasteiger partial charge >= 0.3 is 11.9 Å². The summed E-state index contributed by atoms with van der Waals surface area (Å²) in [5.74, 6) is -1.73. The van der Waals surface area contributed by atoms with Gasteiger partial charge in [0.2, 0.25) is 0 Å². The second kappa shape index (κ2) is 5.91. The van der Waals surface area contributed by atoms with Crippen LogP contribution in [-0.4, -0.2) is 28.2 Å². The van der Waals surface area contributed by atoms with Gasteiger partial charge in [-0.15, -0.1) is 0 Å². The molecule has 104 valence electrons. The van der Waals surface area contributed by atoms with Crippen LogP contribution in [-0.2, 0) is 16.1 Å². The maximum atomic E-state index is 12.1. The van der Waals surface area contributed by atoms with Gasteiger partial charge in [0.1, 0.15) is 0 Å². The van der Waals surface area contributed by atoms with E-state index in [1.54, 1.807) is 12.3 Å². The number of hydrogen-bond donors (Lipinski definition) is 1. The lowest BCUT2D eigenvalue weighted by Gasteiger charge is -2.16. The third kappa shape index (κ3) is 2.80. The van der Waals surface area contributed by atoms with Crippen molar-refractivity contribution < 1.29 is 19.4 Å². The molecule has 0 amide bonds. The number of carbonyl (C=O) groups is 2. The van der Waals surface area contributed by atoms with E-state index in [0.717, 1.165) is 25.8 Å². The van der Waals surface area contributed by atoms with Crippen LogP contribution in [0.2, 0.25) is 0 Å². The molecule has 0 saturated heterocycles. The van der Waals surface area contributed by atoms with Crippen molar-refractivity contribution in [3.05, 3.63) is 23.5 Å². The number of aromatic nitrogens is 1. The molecule has 0 radical (unpaired) electrons. The normalized spacial score (nSPS) is 18.5. The monoisotopic (exact) mass is 265 g/mol. The first-order valence-electron chi connectivity index (χ1n) is 6.74. The smallest absolute Gasteiger partial charge is 0.337 e. The van der Waals surface area contributed by atoms with E-state index < -0.39 is 11.9 Å². The van der Waals surface area contributed by atoms with E-state index in [9.17, 15) is 14.7 Å². The van der Waals surface area contributed by atoms with Crippen molar-refractivity contribution in [2.45, 2.75) is 45.1 Å². The van der Waals surface area contributed by atoms with Crippen LogP contribution in [0.15, 0.2) is 12.3 Å². The Hall–Kier alpha value is -1.78. The van der Waals surface area contributed by atoms with Gasteiger partial charge in [-0.3, -0.25) is 4.79 Å². The highest BCUT2D eigenvalue weighted by atomic mass is 16.5. The Bertz CT molecular complexity index is 478. The van der Waals surface area contributed by atoms with E-state index in [1.165, 1.54) is 0 Å². The van der Waals surface area contributed by atoms with Gasteiger partial charge in [0.25, 0.3) is 0 Å². The summed E-state index contributed by atoms with van der Waals surface area (Å²) in [5, 5.41) is 9.23. The molecule has 1 unspecified atom stereocenters. The van der Waals surface area contributed by atoms with Crippen molar-refractivity contribution in [1.82, 2.24) is 4.57 Å². The summed E-state index contributed by atoms with van der Waals surface area (Å²) in [5.41, 5.74) is 0.825. The fourth-order valence-electron chi connectivity index (χ4n) is 2.55. The molecule has 1 aliphatic heterocycles. The van der Waals surface area contributed by atoms with Gasteiger partial charge < -0.3 is 14.4 Å². The number of carbonyl (C=O) groups excluding carboxylic acids is 1. The molecule has 0 aromatic carbocycles. The van der Waals surface area contributed by atoms with E-state index in [0.29, 0.717) is 18.7 Å². The van der Waals surface area contributed by atoms with Crippen molar-refractivity contribution in [2.75, 3.05) is 6.61 Å². The second-order valence-electron chi connectivity index (χ2n) is 4.83. The Morgan fingerprint density at radius 1 is 1.47 bits per heavy atom. The van der Waals surface area contributed by atoms with Crippen molar-refractivity contribution in [1.29, 1.82) is 0 Å². The summed E-state index contributed by atoms with van der Waals surface area (Å²) >= 11 is 0. The van der Waals surface area contributed by atoms with Crippen molar-refractivity contribution >= 4 is 11.9 Å². The maximum absolute atomic E-state index is 12.1. The molecule has 0 bridgehead atoms. The number of ether oxygens (including phenoxy) is 1. The quantitative estimate of drug-likeness (QED) is 0.849. The molecule has 1 aliphatic rings. The number of carboxylic acid groups (broad SMARTS) is 1. The predicted octanol–water partition coefficient (Wildman–Crippen LogP) is 2.41. The SMILES string of the molecule is CCCOC(=O)C1CCCCn2ccc(C(=O)O)c21. The van der Waals surface area contributed by atoms with Crippen molar-refractivity contribution in [3.8, 4) is 0 Å².